The second-order valence-corrected chi connectivity index (χ2v) is 19.0. The van der Waals surface area contributed by atoms with Crippen LogP contribution in [-0.4, -0.2) is 75.4 Å². The fourth-order valence-electron chi connectivity index (χ4n) is 7.96. The molecule has 4 heterocycles. The minimum absolute atomic E-state index is 0.0225. The Labute approximate surface area is 353 Å². The Morgan fingerprint density at radius 2 is 1.54 bits per heavy atom. The van der Waals surface area contributed by atoms with Gasteiger partial charge in [0, 0.05) is 38.6 Å². The predicted octanol–water partition coefficient (Wildman–Crippen LogP) is 10.7. The van der Waals surface area contributed by atoms with Crippen molar-refractivity contribution in [3.05, 3.63) is 79.4 Å². The molecule has 1 aromatic heterocycles. The Bertz CT molecular complexity index is 1530. The Kier molecular flexibility index (Phi) is 18.6. The molecule has 0 radical (unpaired) electrons. The van der Waals surface area contributed by atoms with Gasteiger partial charge in [-0.2, -0.15) is 0 Å². The number of allylic oxidation sites excluding steroid dienone is 3. The molecule has 1 saturated carbocycles. The summed E-state index contributed by atoms with van der Waals surface area (Å²) in [7, 11) is 0. The van der Waals surface area contributed by atoms with Gasteiger partial charge in [0.25, 0.3) is 0 Å². The van der Waals surface area contributed by atoms with Gasteiger partial charge in [0.1, 0.15) is 6.10 Å². The predicted molar refractivity (Wildman–Crippen MR) is 224 cm³/mol. The lowest BCUT2D eigenvalue weighted by Crippen LogP contribution is -2.31. The smallest absolute Gasteiger partial charge is 0.338 e. The van der Waals surface area contributed by atoms with Gasteiger partial charge in [-0.05, 0) is 158 Å². The number of carbonyl (C=O) groups is 2. The first kappa shape index (κ1) is 43.8. The molecule has 1 aromatic carbocycles. The van der Waals surface area contributed by atoms with E-state index in [9.17, 15) is 9.59 Å². The van der Waals surface area contributed by atoms with Crippen molar-refractivity contribution in [1.82, 2.24) is 0 Å². The zero-order valence-corrected chi connectivity index (χ0v) is 36.4. The molecule has 3 aliphatic heterocycles. The van der Waals surface area contributed by atoms with Crippen LogP contribution in [0.5, 0.6) is 0 Å². The molecule has 9 nitrogen and oxygen atoms in total. The minimum Gasteiger partial charge on any atom is -0.456 e. The number of hydrogen-bond donors (Lipinski definition) is 0. The average molecular weight is 923 g/mol. The fraction of sp³-hybridized carbons (Fsp3) is 0.636. The molecule has 6 rings (SSSR count). The molecule has 4 unspecified atom stereocenters. The molecule has 0 spiro atoms. The van der Waals surface area contributed by atoms with Gasteiger partial charge in [-0.1, -0.05) is 36.4 Å². The number of esters is 1. The summed E-state index contributed by atoms with van der Waals surface area (Å²) in [5, 5.41) is 0. The number of carbonyl (C=O) groups excluding carboxylic acids is 2. The third kappa shape index (κ3) is 14.2. The molecule has 308 valence electrons. The van der Waals surface area contributed by atoms with Crippen molar-refractivity contribution < 1.29 is 42.7 Å². The van der Waals surface area contributed by atoms with Crippen molar-refractivity contribution in [2.75, 3.05) is 26.4 Å². The second kappa shape index (κ2) is 23.7. The van der Waals surface area contributed by atoms with E-state index < -0.39 is 0 Å². The van der Waals surface area contributed by atoms with E-state index in [1.807, 2.05) is 18.2 Å². The summed E-state index contributed by atoms with van der Waals surface area (Å²) in [4.78, 5) is 26.2. The maximum absolute atomic E-state index is 13.3. The molecular weight excluding hydrogens is 864 g/mol. The van der Waals surface area contributed by atoms with Crippen LogP contribution in [0.25, 0.3) is 0 Å². The zero-order valence-electron chi connectivity index (χ0n) is 32.4. The zero-order chi connectivity index (χ0) is 39.0. The fourth-order valence-corrected chi connectivity index (χ4v) is 10.9. The number of ketones is 1. The monoisotopic (exact) mass is 920 g/mol. The summed E-state index contributed by atoms with van der Waals surface area (Å²) < 4.78 is 45.4. The molecule has 4 fully saturated rings. The molecule has 1 aliphatic carbocycles. The van der Waals surface area contributed by atoms with Crippen molar-refractivity contribution in [3.8, 4) is 0 Å². The van der Waals surface area contributed by atoms with Gasteiger partial charge in [-0.25, -0.2) is 4.79 Å². The summed E-state index contributed by atoms with van der Waals surface area (Å²) in [6.07, 6.45) is 21.0. The number of halogens is 2. The first-order chi connectivity index (χ1) is 27.4. The van der Waals surface area contributed by atoms with Gasteiger partial charge in [0.2, 0.25) is 0 Å². The van der Waals surface area contributed by atoms with E-state index in [0.717, 1.165) is 96.6 Å². The highest BCUT2D eigenvalue weighted by Gasteiger charge is 2.45. The highest BCUT2D eigenvalue weighted by Crippen LogP contribution is 2.42. The lowest BCUT2D eigenvalue weighted by molar-refractivity contribution is -0.203. The van der Waals surface area contributed by atoms with Crippen LogP contribution in [0.15, 0.2) is 68.3 Å². The Balaban J connectivity index is 1.09. The minimum atomic E-state index is -0.376. The van der Waals surface area contributed by atoms with Crippen molar-refractivity contribution in [3.63, 3.8) is 0 Å². The molecule has 4 aliphatic rings. The second-order valence-electron chi connectivity index (χ2n) is 15.3. The normalized spacial score (nSPS) is 27.9. The molecule has 0 amide bonds. The highest BCUT2D eigenvalue weighted by atomic mass is 79.9. The van der Waals surface area contributed by atoms with Crippen LogP contribution in [0.3, 0.4) is 0 Å². The molecule has 56 heavy (non-hydrogen) atoms. The lowest BCUT2D eigenvalue weighted by atomic mass is 9.89. The van der Waals surface area contributed by atoms with Crippen molar-refractivity contribution in [2.45, 2.75) is 140 Å². The van der Waals surface area contributed by atoms with Gasteiger partial charge >= 0.3 is 5.97 Å². The summed E-state index contributed by atoms with van der Waals surface area (Å²) in [5.41, 5.74) is 1.67. The van der Waals surface area contributed by atoms with E-state index in [1.54, 1.807) is 29.5 Å². The maximum Gasteiger partial charge on any atom is 0.338 e. The van der Waals surface area contributed by atoms with E-state index in [0.29, 0.717) is 51.3 Å². The third-order valence-corrected chi connectivity index (χ3v) is 13.5. The van der Waals surface area contributed by atoms with Crippen LogP contribution in [-0.2, 0) is 44.4 Å². The molecule has 0 N–H and O–H groups in total. The van der Waals surface area contributed by atoms with E-state index in [1.165, 1.54) is 0 Å². The highest BCUT2D eigenvalue weighted by molar-refractivity contribution is 9.12. The van der Waals surface area contributed by atoms with Crippen LogP contribution < -0.4 is 0 Å². The van der Waals surface area contributed by atoms with E-state index >= 15 is 0 Å². The summed E-state index contributed by atoms with van der Waals surface area (Å²) in [6, 6.07) is 11.2. The quantitative estimate of drug-likeness (QED) is 0.0556. The molecule has 8 atom stereocenters. The number of aryl methyl sites for hydroxylation is 1. The van der Waals surface area contributed by atoms with Gasteiger partial charge < -0.3 is 33.2 Å². The topological polar surface area (TPSA) is 98.8 Å². The van der Waals surface area contributed by atoms with E-state index in [2.05, 4.69) is 56.2 Å². The first-order valence-electron chi connectivity index (χ1n) is 20.7. The number of thiophene rings is 1. The largest absolute Gasteiger partial charge is 0.456 e. The molecule has 3 saturated heterocycles. The van der Waals surface area contributed by atoms with Crippen LogP contribution in [0.4, 0.5) is 0 Å². The number of rotatable bonds is 20. The first-order valence-corrected chi connectivity index (χ1v) is 23.1. The maximum atomic E-state index is 13.3. The van der Waals surface area contributed by atoms with Crippen LogP contribution in [0.1, 0.15) is 112 Å². The summed E-state index contributed by atoms with van der Waals surface area (Å²) >= 11 is 8.80. The summed E-state index contributed by atoms with van der Waals surface area (Å²) in [5.74, 6) is -0.165. The van der Waals surface area contributed by atoms with E-state index in [-0.39, 0.29) is 60.8 Å². The molecule has 0 bridgehead atoms. The lowest BCUT2D eigenvalue weighted by Gasteiger charge is -2.30. The average Bonchev–Trinajstić information content (AvgIpc) is 3.72. The SMILES string of the molecule is O=C(C=C[C@@H]1[C@@H](CC=CCCCC(COC2CCCCO2)OC(=O)c2ccccc2)[C@@H](OC2CCCCO2)C[C@H]1OC1CCCCO1)CCc1cc(Br)sc1Br. The van der Waals surface area contributed by atoms with Gasteiger partial charge in [-0.15, -0.1) is 11.3 Å². The van der Waals surface area contributed by atoms with Gasteiger partial charge in [-0.3, -0.25) is 4.79 Å². The van der Waals surface area contributed by atoms with Crippen LogP contribution in [0, 0.1) is 11.8 Å². The van der Waals surface area contributed by atoms with Crippen molar-refractivity contribution in [1.29, 1.82) is 0 Å². The number of unbranched alkanes of at least 4 members (excludes halogenated alkanes) is 1. The van der Waals surface area contributed by atoms with Crippen molar-refractivity contribution >= 4 is 54.9 Å². The number of benzene rings is 1. The molecule has 2 aromatic rings. The Morgan fingerprint density at radius 1 is 0.857 bits per heavy atom. The van der Waals surface area contributed by atoms with Gasteiger partial charge in [0.05, 0.1) is 32.0 Å². The van der Waals surface area contributed by atoms with Crippen LogP contribution >= 0.6 is 43.2 Å². The number of hydrogen-bond acceptors (Lipinski definition) is 10. The third-order valence-electron chi connectivity index (χ3n) is 11.0. The van der Waals surface area contributed by atoms with Crippen molar-refractivity contribution in [2.24, 2.45) is 11.8 Å². The Morgan fingerprint density at radius 3 is 2.18 bits per heavy atom. The van der Waals surface area contributed by atoms with E-state index in [4.69, 9.17) is 33.2 Å². The van der Waals surface area contributed by atoms with Gasteiger partial charge in [0.15, 0.2) is 24.7 Å². The molecular formula is C44H58Br2O9S. The molecule has 12 heteroatoms. The Hall–Kier alpha value is -1.74. The van der Waals surface area contributed by atoms with Crippen LogP contribution in [0.2, 0.25) is 0 Å². The summed E-state index contributed by atoms with van der Waals surface area (Å²) in [6.45, 7) is 2.43. The number of ether oxygens (including phenoxy) is 7. The standard InChI is InChI=1S/C44H58Br2O9S/c45-39-28-32(43(46)56-39)21-22-33(47)23-24-36-35(37(54-41-19-9-12-26-50-41)29-38(36)55-42-20-10-13-27-51-42)17-7-2-1-6-16-34(30-52-40-18-8-11-25-49-40)53-44(48)31-14-4-3-5-15-31/h2-5,7,14-15,23-24,28,34-38,40-42H,1,6,8-13,16-22,25-27,29-30H2/t34?,35-,36-,37+,38-,40?,41?,42?/m1/s1.